The van der Waals surface area contributed by atoms with Crippen LogP contribution in [0.1, 0.15) is 51.6 Å². The predicted molar refractivity (Wildman–Crippen MR) is 80.0 cm³/mol. The summed E-state index contributed by atoms with van der Waals surface area (Å²) in [4.78, 5) is 16.0. The largest absolute Gasteiger partial charge is 0.318 e. The molecule has 1 N–H and O–H groups in total. The second-order valence-corrected chi connectivity index (χ2v) is 6.43. The number of hydrogen-bond donors (Lipinski definition) is 1. The Bertz CT molecular complexity index is 418. The molecule has 0 radical (unpaired) electrons. The highest BCUT2D eigenvalue weighted by Gasteiger charge is 2.43. The highest BCUT2D eigenvalue weighted by atomic mass is 32.1. The summed E-state index contributed by atoms with van der Waals surface area (Å²) in [5.74, 6) is 0.645. The molecular formula is C15H24N2OS. The lowest BCUT2D eigenvalue weighted by atomic mass is 9.99. The second-order valence-electron chi connectivity index (χ2n) is 5.45. The Morgan fingerprint density at radius 3 is 2.63 bits per heavy atom. The van der Waals surface area contributed by atoms with Crippen molar-refractivity contribution in [3.63, 3.8) is 0 Å². The van der Waals surface area contributed by atoms with Crippen LogP contribution in [-0.2, 0) is 4.79 Å². The SMILES string of the molecule is CCC(C)C1NC(c2cccs2)N(C(C)CC)C1=O. The molecule has 1 amide bonds. The molecule has 1 aliphatic heterocycles. The predicted octanol–water partition coefficient (Wildman–Crippen LogP) is 3.39. The minimum absolute atomic E-state index is 0.0360. The molecular weight excluding hydrogens is 256 g/mol. The molecule has 2 rings (SSSR count). The molecule has 1 aromatic rings. The number of nitrogens with one attached hydrogen (secondary N) is 1. The van der Waals surface area contributed by atoms with Crippen molar-refractivity contribution in [3.8, 4) is 0 Å². The normalized spacial score (nSPS) is 26.7. The lowest BCUT2D eigenvalue weighted by Crippen LogP contribution is -2.39. The lowest BCUT2D eigenvalue weighted by Gasteiger charge is -2.29. The third kappa shape index (κ3) is 2.70. The maximum Gasteiger partial charge on any atom is 0.241 e. The zero-order valence-electron chi connectivity index (χ0n) is 12.2. The van der Waals surface area contributed by atoms with E-state index in [1.807, 2.05) is 4.90 Å². The van der Waals surface area contributed by atoms with Crippen LogP contribution >= 0.6 is 11.3 Å². The minimum Gasteiger partial charge on any atom is -0.318 e. The summed E-state index contributed by atoms with van der Waals surface area (Å²) in [6.07, 6.45) is 2.07. The maximum absolute atomic E-state index is 12.7. The molecule has 19 heavy (non-hydrogen) atoms. The summed E-state index contributed by atoms with van der Waals surface area (Å²) in [5.41, 5.74) is 0. The fourth-order valence-corrected chi connectivity index (χ4v) is 3.37. The van der Waals surface area contributed by atoms with E-state index >= 15 is 0 Å². The summed E-state index contributed by atoms with van der Waals surface area (Å²) in [5, 5.41) is 5.62. The smallest absolute Gasteiger partial charge is 0.241 e. The molecule has 0 aliphatic carbocycles. The molecule has 0 saturated carbocycles. The van der Waals surface area contributed by atoms with E-state index in [-0.39, 0.29) is 24.2 Å². The van der Waals surface area contributed by atoms with Crippen molar-refractivity contribution in [2.45, 2.75) is 58.8 Å². The van der Waals surface area contributed by atoms with E-state index in [2.05, 4.69) is 50.5 Å². The van der Waals surface area contributed by atoms with E-state index in [4.69, 9.17) is 0 Å². The molecule has 0 spiro atoms. The Morgan fingerprint density at radius 1 is 1.37 bits per heavy atom. The van der Waals surface area contributed by atoms with Crippen molar-refractivity contribution < 1.29 is 4.79 Å². The van der Waals surface area contributed by atoms with Crippen LogP contribution in [0.15, 0.2) is 17.5 Å². The maximum atomic E-state index is 12.7. The molecule has 1 saturated heterocycles. The first-order valence-corrected chi connectivity index (χ1v) is 8.09. The third-order valence-corrected chi connectivity index (χ3v) is 5.15. The van der Waals surface area contributed by atoms with Gasteiger partial charge in [-0.15, -0.1) is 11.3 Å². The van der Waals surface area contributed by atoms with Crippen molar-refractivity contribution in [1.29, 1.82) is 0 Å². The summed E-state index contributed by atoms with van der Waals surface area (Å²) < 4.78 is 0. The molecule has 4 unspecified atom stereocenters. The second kappa shape index (κ2) is 6.06. The van der Waals surface area contributed by atoms with Gasteiger partial charge in [-0.1, -0.05) is 33.3 Å². The van der Waals surface area contributed by atoms with Gasteiger partial charge in [0.15, 0.2) is 0 Å². The quantitative estimate of drug-likeness (QED) is 0.896. The molecule has 106 valence electrons. The van der Waals surface area contributed by atoms with Gasteiger partial charge in [-0.25, -0.2) is 0 Å². The Morgan fingerprint density at radius 2 is 2.11 bits per heavy atom. The third-order valence-electron chi connectivity index (χ3n) is 4.23. The highest BCUT2D eigenvalue weighted by molar-refractivity contribution is 7.10. The molecule has 2 heterocycles. The Balaban J connectivity index is 2.28. The minimum atomic E-state index is -0.0360. The van der Waals surface area contributed by atoms with E-state index in [1.54, 1.807) is 11.3 Å². The van der Waals surface area contributed by atoms with Gasteiger partial charge in [-0.3, -0.25) is 10.1 Å². The zero-order valence-corrected chi connectivity index (χ0v) is 13.0. The molecule has 1 aromatic heterocycles. The van der Waals surface area contributed by atoms with Crippen molar-refractivity contribution in [2.75, 3.05) is 0 Å². The summed E-state index contributed by atoms with van der Waals surface area (Å²) in [6, 6.07) is 4.41. The average molecular weight is 280 g/mol. The van der Waals surface area contributed by atoms with Gasteiger partial charge in [0.25, 0.3) is 0 Å². The molecule has 1 fully saturated rings. The van der Waals surface area contributed by atoms with Crippen LogP contribution in [-0.4, -0.2) is 22.9 Å². The summed E-state index contributed by atoms with van der Waals surface area (Å²) >= 11 is 1.72. The van der Waals surface area contributed by atoms with Gasteiger partial charge in [0.1, 0.15) is 6.17 Å². The van der Waals surface area contributed by atoms with Gasteiger partial charge >= 0.3 is 0 Å². The Kier molecular flexibility index (Phi) is 4.63. The van der Waals surface area contributed by atoms with Crippen molar-refractivity contribution >= 4 is 17.2 Å². The van der Waals surface area contributed by atoms with Crippen molar-refractivity contribution in [2.24, 2.45) is 5.92 Å². The fourth-order valence-electron chi connectivity index (χ4n) is 2.59. The standard InChI is InChI=1S/C15H24N2OS/c1-5-10(3)13-15(18)17(11(4)6-2)14(16-13)12-8-7-9-19-12/h7-11,13-14,16H,5-6H2,1-4H3. The van der Waals surface area contributed by atoms with E-state index < -0.39 is 0 Å². The number of carbonyl (C=O) groups excluding carboxylic acids is 1. The van der Waals surface area contributed by atoms with E-state index in [9.17, 15) is 4.79 Å². The molecule has 0 aromatic carbocycles. The Hall–Kier alpha value is -0.870. The van der Waals surface area contributed by atoms with E-state index in [1.165, 1.54) is 4.88 Å². The van der Waals surface area contributed by atoms with Gasteiger partial charge in [-0.2, -0.15) is 0 Å². The van der Waals surface area contributed by atoms with Gasteiger partial charge in [-0.05, 0) is 30.7 Å². The van der Waals surface area contributed by atoms with Crippen LogP contribution in [0.3, 0.4) is 0 Å². The lowest BCUT2D eigenvalue weighted by molar-refractivity contribution is -0.132. The van der Waals surface area contributed by atoms with Crippen LogP contribution in [0.4, 0.5) is 0 Å². The van der Waals surface area contributed by atoms with Crippen LogP contribution in [0.25, 0.3) is 0 Å². The number of rotatable bonds is 5. The van der Waals surface area contributed by atoms with Crippen LogP contribution in [0.5, 0.6) is 0 Å². The van der Waals surface area contributed by atoms with Gasteiger partial charge in [0, 0.05) is 10.9 Å². The van der Waals surface area contributed by atoms with Gasteiger partial charge in [0.2, 0.25) is 5.91 Å². The first-order chi connectivity index (χ1) is 9.10. The van der Waals surface area contributed by atoms with Crippen LogP contribution < -0.4 is 5.32 Å². The zero-order chi connectivity index (χ0) is 14.0. The number of amides is 1. The van der Waals surface area contributed by atoms with Crippen LogP contribution in [0.2, 0.25) is 0 Å². The van der Waals surface area contributed by atoms with Gasteiger partial charge in [0.05, 0.1) is 6.04 Å². The topological polar surface area (TPSA) is 32.3 Å². The molecule has 3 nitrogen and oxygen atoms in total. The van der Waals surface area contributed by atoms with Crippen LogP contribution in [0, 0.1) is 5.92 Å². The van der Waals surface area contributed by atoms with Crippen molar-refractivity contribution in [3.05, 3.63) is 22.4 Å². The number of thiophene rings is 1. The highest BCUT2D eigenvalue weighted by Crippen LogP contribution is 2.33. The molecule has 4 atom stereocenters. The summed E-state index contributed by atoms with van der Waals surface area (Å²) in [7, 11) is 0. The Labute approximate surface area is 120 Å². The number of carbonyl (C=O) groups is 1. The summed E-state index contributed by atoms with van der Waals surface area (Å²) in [6.45, 7) is 8.58. The monoisotopic (exact) mass is 280 g/mol. The van der Waals surface area contributed by atoms with E-state index in [0.717, 1.165) is 12.8 Å². The van der Waals surface area contributed by atoms with E-state index in [0.29, 0.717) is 5.92 Å². The molecule has 4 heteroatoms. The first-order valence-electron chi connectivity index (χ1n) is 7.21. The fraction of sp³-hybridized carbons (Fsp3) is 0.667. The first kappa shape index (κ1) is 14.5. The number of hydrogen-bond acceptors (Lipinski definition) is 3. The van der Waals surface area contributed by atoms with Gasteiger partial charge < -0.3 is 4.90 Å². The average Bonchev–Trinajstić information content (AvgIpc) is 3.04. The number of nitrogens with zero attached hydrogens (tertiary/aromatic N) is 1. The van der Waals surface area contributed by atoms with Crippen molar-refractivity contribution in [1.82, 2.24) is 10.2 Å². The molecule has 0 bridgehead atoms. The molecule has 1 aliphatic rings.